The van der Waals surface area contributed by atoms with Crippen molar-refractivity contribution in [3.8, 4) is 0 Å². The van der Waals surface area contributed by atoms with Crippen LogP contribution in [0.3, 0.4) is 0 Å². The van der Waals surface area contributed by atoms with Gasteiger partial charge in [0.15, 0.2) is 0 Å². The van der Waals surface area contributed by atoms with E-state index < -0.39 is 0 Å². The van der Waals surface area contributed by atoms with Gasteiger partial charge in [-0.2, -0.15) is 0 Å². The maximum Gasteiger partial charge on any atom is 0.271 e. The highest BCUT2D eigenvalue weighted by Crippen LogP contribution is 1.94. The molecule has 0 aliphatic rings. The van der Waals surface area contributed by atoms with E-state index in [4.69, 9.17) is 10.9 Å². The van der Waals surface area contributed by atoms with Crippen molar-refractivity contribution in [1.82, 2.24) is 15.3 Å². The Labute approximate surface area is 98.8 Å². The van der Waals surface area contributed by atoms with Crippen molar-refractivity contribution >= 4 is 11.7 Å². The smallest absolute Gasteiger partial charge is 0.271 e. The number of nitrogens with two attached hydrogens (primary N) is 1. The van der Waals surface area contributed by atoms with E-state index in [0.29, 0.717) is 19.4 Å². The normalized spacial score (nSPS) is 11.2. The number of amides is 1. The van der Waals surface area contributed by atoms with Crippen LogP contribution in [0.1, 0.15) is 29.0 Å². The Hall–Kier alpha value is -2.18. The number of hydrogen-bond acceptors (Lipinski definition) is 5. The first-order valence-corrected chi connectivity index (χ1v) is 5.16. The van der Waals surface area contributed by atoms with Crippen molar-refractivity contribution in [1.29, 1.82) is 0 Å². The predicted molar refractivity (Wildman–Crippen MR) is 61.7 cm³/mol. The molecule has 17 heavy (non-hydrogen) atoms. The molecule has 0 saturated heterocycles. The molecule has 0 aromatic carbocycles. The van der Waals surface area contributed by atoms with Gasteiger partial charge in [-0.25, -0.2) is 4.98 Å². The summed E-state index contributed by atoms with van der Waals surface area (Å²) in [6.45, 7) is 2.23. The third-order valence-corrected chi connectivity index (χ3v) is 2.04. The highest BCUT2D eigenvalue weighted by atomic mass is 16.4. The molecule has 0 unspecified atom stereocenters. The van der Waals surface area contributed by atoms with Gasteiger partial charge in [-0.3, -0.25) is 9.78 Å². The molecule has 0 fully saturated rings. The summed E-state index contributed by atoms with van der Waals surface area (Å²) in [4.78, 5) is 19.5. The molecule has 0 aliphatic heterocycles. The fraction of sp³-hybridized carbons (Fsp3) is 0.400. The summed E-state index contributed by atoms with van der Waals surface area (Å²) >= 11 is 0. The SMILES string of the molecule is Cc1cnc(C(=O)NCCCC(N)=NO)cn1. The first kappa shape index (κ1) is 12.9. The van der Waals surface area contributed by atoms with E-state index in [0.717, 1.165) is 5.69 Å². The van der Waals surface area contributed by atoms with Gasteiger partial charge in [0.2, 0.25) is 0 Å². The molecule has 1 rings (SSSR count). The van der Waals surface area contributed by atoms with Crippen molar-refractivity contribution in [2.24, 2.45) is 10.9 Å². The third kappa shape index (κ3) is 4.45. The van der Waals surface area contributed by atoms with Crippen LogP contribution in [0, 0.1) is 6.92 Å². The number of hydrogen-bond donors (Lipinski definition) is 3. The van der Waals surface area contributed by atoms with Crippen LogP contribution in [0.2, 0.25) is 0 Å². The van der Waals surface area contributed by atoms with Gasteiger partial charge >= 0.3 is 0 Å². The average molecular weight is 237 g/mol. The monoisotopic (exact) mass is 237 g/mol. The van der Waals surface area contributed by atoms with Crippen LogP contribution < -0.4 is 11.1 Å². The summed E-state index contributed by atoms with van der Waals surface area (Å²) < 4.78 is 0. The van der Waals surface area contributed by atoms with E-state index in [-0.39, 0.29) is 17.4 Å². The van der Waals surface area contributed by atoms with Gasteiger partial charge in [0.05, 0.1) is 11.9 Å². The molecule has 0 bridgehead atoms. The third-order valence-electron chi connectivity index (χ3n) is 2.04. The van der Waals surface area contributed by atoms with Crippen molar-refractivity contribution < 1.29 is 10.0 Å². The molecule has 0 saturated carbocycles. The summed E-state index contributed by atoms with van der Waals surface area (Å²) in [5.74, 6) is -0.133. The largest absolute Gasteiger partial charge is 0.409 e. The minimum absolute atomic E-state index is 0.148. The molecule has 0 aliphatic carbocycles. The van der Waals surface area contributed by atoms with Crippen LogP contribution in [-0.4, -0.2) is 33.5 Å². The van der Waals surface area contributed by atoms with Crippen LogP contribution in [0.25, 0.3) is 0 Å². The van der Waals surface area contributed by atoms with Crippen molar-refractivity contribution in [2.75, 3.05) is 6.54 Å². The summed E-state index contributed by atoms with van der Waals surface area (Å²) in [6.07, 6.45) is 3.98. The first-order valence-electron chi connectivity index (χ1n) is 5.16. The molecule has 1 heterocycles. The number of aromatic nitrogens is 2. The Bertz CT molecular complexity index is 402. The van der Waals surface area contributed by atoms with E-state index in [1.165, 1.54) is 12.4 Å². The number of carbonyl (C=O) groups is 1. The van der Waals surface area contributed by atoms with Crippen molar-refractivity contribution in [3.05, 3.63) is 23.8 Å². The molecule has 1 aromatic rings. The molecular weight excluding hydrogens is 222 g/mol. The van der Waals surface area contributed by atoms with Crippen molar-refractivity contribution in [3.63, 3.8) is 0 Å². The fourth-order valence-corrected chi connectivity index (χ4v) is 1.12. The number of amidine groups is 1. The Morgan fingerprint density at radius 1 is 1.53 bits per heavy atom. The Kier molecular flexibility index (Phi) is 4.86. The van der Waals surface area contributed by atoms with Crippen LogP contribution in [0.5, 0.6) is 0 Å². The van der Waals surface area contributed by atoms with Gasteiger partial charge in [0.1, 0.15) is 11.5 Å². The van der Waals surface area contributed by atoms with E-state index in [1.54, 1.807) is 6.92 Å². The zero-order valence-corrected chi connectivity index (χ0v) is 9.55. The lowest BCUT2D eigenvalue weighted by atomic mass is 10.3. The zero-order valence-electron chi connectivity index (χ0n) is 9.55. The number of rotatable bonds is 5. The number of nitrogens with zero attached hydrogens (tertiary/aromatic N) is 3. The summed E-state index contributed by atoms with van der Waals surface area (Å²) in [6, 6.07) is 0. The standard InChI is InChI=1S/C10H15N5O2/c1-7-5-14-8(6-13-7)10(16)12-4-2-3-9(11)15-17/h5-6,17H,2-4H2,1H3,(H2,11,15)(H,12,16). The Morgan fingerprint density at radius 3 is 2.88 bits per heavy atom. The topological polar surface area (TPSA) is 113 Å². The van der Waals surface area contributed by atoms with Crippen LogP contribution >= 0.6 is 0 Å². The zero-order chi connectivity index (χ0) is 12.7. The molecule has 0 radical (unpaired) electrons. The van der Waals surface area contributed by atoms with E-state index in [1.807, 2.05) is 0 Å². The molecule has 7 heteroatoms. The number of aryl methyl sites for hydroxylation is 1. The molecule has 0 atom stereocenters. The molecule has 1 aromatic heterocycles. The van der Waals surface area contributed by atoms with Gasteiger partial charge in [0.25, 0.3) is 5.91 Å². The molecule has 7 nitrogen and oxygen atoms in total. The minimum atomic E-state index is -0.281. The Morgan fingerprint density at radius 2 is 2.29 bits per heavy atom. The van der Waals surface area contributed by atoms with E-state index in [9.17, 15) is 4.79 Å². The van der Waals surface area contributed by atoms with Gasteiger partial charge in [-0.05, 0) is 13.3 Å². The van der Waals surface area contributed by atoms with Gasteiger partial charge in [-0.15, -0.1) is 0 Å². The fourth-order valence-electron chi connectivity index (χ4n) is 1.12. The first-order chi connectivity index (χ1) is 8.13. The Balaban J connectivity index is 2.33. The summed E-state index contributed by atoms with van der Waals surface area (Å²) in [5, 5.41) is 13.8. The number of nitrogens with one attached hydrogen (secondary N) is 1. The van der Waals surface area contributed by atoms with Crippen LogP contribution in [-0.2, 0) is 0 Å². The second kappa shape index (κ2) is 6.41. The number of oxime groups is 1. The quantitative estimate of drug-likeness (QED) is 0.220. The highest BCUT2D eigenvalue weighted by molar-refractivity contribution is 5.91. The van der Waals surface area contributed by atoms with E-state index in [2.05, 4.69) is 20.4 Å². The summed E-state index contributed by atoms with van der Waals surface area (Å²) in [5.41, 5.74) is 6.32. The minimum Gasteiger partial charge on any atom is -0.409 e. The molecule has 1 amide bonds. The van der Waals surface area contributed by atoms with E-state index >= 15 is 0 Å². The van der Waals surface area contributed by atoms with Gasteiger partial charge in [-0.1, -0.05) is 5.16 Å². The number of carbonyl (C=O) groups excluding carboxylic acids is 1. The highest BCUT2D eigenvalue weighted by Gasteiger charge is 2.06. The average Bonchev–Trinajstić information content (AvgIpc) is 2.34. The van der Waals surface area contributed by atoms with Crippen molar-refractivity contribution in [2.45, 2.75) is 19.8 Å². The lowest BCUT2D eigenvalue weighted by molar-refractivity contribution is 0.0948. The molecule has 0 spiro atoms. The lowest BCUT2D eigenvalue weighted by Gasteiger charge is -2.03. The summed E-state index contributed by atoms with van der Waals surface area (Å²) in [7, 11) is 0. The maximum absolute atomic E-state index is 11.5. The molecule has 4 N–H and O–H groups in total. The second-order valence-corrected chi connectivity index (χ2v) is 3.49. The predicted octanol–water partition coefficient (Wildman–Crippen LogP) is 0.0414. The lowest BCUT2D eigenvalue weighted by Crippen LogP contribution is -2.26. The second-order valence-electron chi connectivity index (χ2n) is 3.49. The molecule has 92 valence electrons. The van der Waals surface area contributed by atoms with Crippen LogP contribution in [0.15, 0.2) is 17.5 Å². The van der Waals surface area contributed by atoms with Gasteiger partial charge in [0, 0.05) is 19.2 Å². The van der Waals surface area contributed by atoms with Crippen LogP contribution in [0.4, 0.5) is 0 Å². The molecular formula is C10H15N5O2. The van der Waals surface area contributed by atoms with Gasteiger partial charge < -0.3 is 16.3 Å². The maximum atomic E-state index is 11.5.